The molecule has 0 radical (unpaired) electrons. The molecule has 82 valence electrons. The molecule has 0 aliphatic heterocycles. The standard InChI is InChI=1S/C8H12N4O2S/c1-3-7(4-9)12-15(13,14)8-5-10-6(2)11-8/h5,7,12H,3H2,1-2H3,(H,10,11). The Balaban J connectivity index is 2.90. The fourth-order valence-corrected chi connectivity index (χ4v) is 2.18. The van der Waals surface area contributed by atoms with E-state index in [1.807, 2.05) is 6.07 Å². The maximum atomic E-state index is 11.6. The maximum absolute atomic E-state index is 11.6. The minimum atomic E-state index is -3.65. The quantitative estimate of drug-likeness (QED) is 0.774. The molecule has 0 amide bonds. The van der Waals surface area contributed by atoms with E-state index in [1.54, 1.807) is 13.8 Å². The number of nitriles is 1. The molecule has 0 fully saturated rings. The van der Waals surface area contributed by atoms with E-state index in [9.17, 15) is 8.42 Å². The van der Waals surface area contributed by atoms with Gasteiger partial charge in [0.25, 0.3) is 10.0 Å². The minimum Gasteiger partial charge on any atom is -0.332 e. The third-order valence-corrected chi connectivity index (χ3v) is 3.21. The highest BCUT2D eigenvalue weighted by Gasteiger charge is 2.20. The van der Waals surface area contributed by atoms with Gasteiger partial charge in [0, 0.05) is 0 Å². The van der Waals surface area contributed by atoms with Crippen LogP contribution in [-0.2, 0) is 10.0 Å². The number of imidazole rings is 1. The lowest BCUT2D eigenvalue weighted by molar-refractivity contribution is 0.566. The number of aromatic amines is 1. The van der Waals surface area contributed by atoms with Gasteiger partial charge in [-0.3, -0.25) is 0 Å². The van der Waals surface area contributed by atoms with Gasteiger partial charge in [-0.2, -0.15) is 9.98 Å². The lowest BCUT2D eigenvalue weighted by Crippen LogP contribution is -2.33. The molecule has 0 aliphatic rings. The molecule has 1 aromatic heterocycles. The summed E-state index contributed by atoms with van der Waals surface area (Å²) >= 11 is 0. The van der Waals surface area contributed by atoms with Crippen molar-refractivity contribution in [2.45, 2.75) is 31.3 Å². The van der Waals surface area contributed by atoms with Crippen molar-refractivity contribution in [3.8, 4) is 6.07 Å². The van der Waals surface area contributed by atoms with Crippen molar-refractivity contribution < 1.29 is 8.42 Å². The predicted molar refractivity (Wildman–Crippen MR) is 53.3 cm³/mol. The van der Waals surface area contributed by atoms with Crippen LogP contribution in [0.25, 0.3) is 0 Å². The van der Waals surface area contributed by atoms with E-state index in [0.717, 1.165) is 0 Å². The van der Waals surface area contributed by atoms with Crippen LogP contribution in [-0.4, -0.2) is 24.4 Å². The molecular formula is C8H12N4O2S. The summed E-state index contributed by atoms with van der Waals surface area (Å²) in [6, 6.07) is 1.15. The minimum absolute atomic E-state index is 0.0197. The fraction of sp³-hybridized carbons (Fsp3) is 0.500. The molecule has 1 atom stereocenters. The highest BCUT2D eigenvalue weighted by Crippen LogP contribution is 2.06. The predicted octanol–water partition coefficient (Wildman–Crippen LogP) is 0.299. The Morgan fingerprint density at radius 3 is 2.80 bits per heavy atom. The average molecular weight is 228 g/mol. The van der Waals surface area contributed by atoms with Gasteiger partial charge in [0.15, 0.2) is 5.03 Å². The first-order valence-electron chi connectivity index (χ1n) is 4.43. The summed E-state index contributed by atoms with van der Waals surface area (Å²) in [4.78, 5) is 6.38. The SMILES string of the molecule is CCC(C#N)NS(=O)(=O)c1cnc(C)[nH]1. The van der Waals surface area contributed by atoms with Gasteiger partial charge in [0.1, 0.15) is 11.9 Å². The highest BCUT2D eigenvalue weighted by molar-refractivity contribution is 7.89. The van der Waals surface area contributed by atoms with Gasteiger partial charge in [-0.15, -0.1) is 0 Å². The van der Waals surface area contributed by atoms with Gasteiger partial charge in [-0.25, -0.2) is 13.4 Å². The third kappa shape index (κ3) is 2.78. The molecule has 0 aromatic carbocycles. The van der Waals surface area contributed by atoms with Crippen molar-refractivity contribution in [3.05, 3.63) is 12.0 Å². The summed E-state index contributed by atoms with van der Waals surface area (Å²) in [6.45, 7) is 3.38. The molecule has 0 saturated carbocycles. The van der Waals surface area contributed by atoms with E-state index in [0.29, 0.717) is 12.2 Å². The van der Waals surface area contributed by atoms with Crippen molar-refractivity contribution >= 4 is 10.0 Å². The van der Waals surface area contributed by atoms with Gasteiger partial charge < -0.3 is 4.98 Å². The topological polar surface area (TPSA) is 98.6 Å². The van der Waals surface area contributed by atoms with Crippen molar-refractivity contribution in [3.63, 3.8) is 0 Å². The van der Waals surface area contributed by atoms with E-state index < -0.39 is 16.1 Å². The summed E-state index contributed by atoms with van der Waals surface area (Å²) in [5.74, 6) is 0.514. The van der Waals surface area contributed by atoms with Crippen LogP contribution in [0.4, 0.5) is 0 Å². The van der Waals surface area contributed by atoms with Crippen molar-refractivity contribution in [1.82, 2.24) is 14.7 Å². The number of H-pyrrole nitrogens is 1. The molecular weight excluding hydrogens is 216 g/mol. The Labute approximate surface area is 88.4 Å². The molecule has 0 spiro atoms. The number of aromatic nitrogens is 2. The largest absolute Gasteiger partial charge is 0.332 e. The number of hydrogen-bond acceptors (Lipinski definition) is 4. The van der Waals surface area contributed by atoms with Crippen LogP contribution in [0.1, 0.15) is 19.2 Å². The maximum Gasteiger partial charge on any atom is 0.258 e. The zero-order valence-corrected chi connectivity index (χ0v) is 9.30. The molecule has 1 unspecified atom stereocenters. The normalized spacial score (nSPS) is 13.4. The summed E-state index contributed by atoms with van der Waals surface area (Å²) in [5, 5.41) is 8.62. The molecule has 1 aromatic rings. The number of aryl methyl sites for hydroxylation is 1. The number of sulfonamides is 1. The lowest BCUT2D eigenvalue weighted by Gasteiger charge is -2.07. The molecule has 6 nitrogen and oxygen atoms in total. The van der Waals surface area contributed by atoms with Crippen LogP contribution in [0, 0.1) is 18.3 Å². The molecule has 2 N–H and O–H groups in total. The van der Waals surface area contributed by atoms with Crippen LogP contribution >= 0.6 is 0 Å². The van der Waals surface area contributed by atoms with Gasteiger partial charge in [-0.05, 0) is 13.3 Å². The van der Waals surface area contributed by atoms with E-state index >= 15 is 0 Å². The van der Waals surface area contributed by atoms with Gasteiger partial charge >= 0.3 is 0 Å². The zero-order chi connectivity index (χ0) is 11.5. The van der Waals surface area contributed by atoms with Gasteiger partial charge in [-0.1, -0.05) is 6.92 Å². The van der Waals surface area contributed by atoms with Crippen molar-refractivity contribution in [2.75, 3.05) is 0 Å². The molecule has 0 saturated heterocycles. The number of nitrogens with one attached hydrogen (secondary N) is 2. The summed E-state index contributed by atoms with van der Waals surface area (Å²) in [6.07, 6.45) is 1.64. The van der Waals surface area contributed by atoms with Gasteiger partial charge in [0.2, 0.25) is 0 Å². The third-order valence-electron chi connectivity index (χ3n) is 1.83. The van der Waals surface area contributed by atoms with E-state index in [1.165, 1.54) is 6.20 Å². The Bertz CT molecular complexity index is 471. The molecule has 7 heteroatoms. The molecule has 1 heterocycles. The van der Waals surface area contributed by atoms with E-state index in [-0.39, 0.29) is 5.03 Å². The zero-order valence-electron chi connectivity index (χ0n) is 8.48. The summed E-state index contributed by atoms with van der Waals surface area (Å²) in [7, 11) is -3.65. The number of hydrogen-bond donors (Lipinski definition) is 2. The Kier molecular flexibility index (Phi) is 3.44. The van der Waals surface area contributed by atoms with Crippen LogP contribution in [0.5, 0.6) is 0 Å². The average Bonchev–Trinajstić information content (AvgIpc) is 2.62. The van der Waals surface area contributed by atoms with Crippen molar-refractivity contribution in [1.29, 1.82) is 5.26 Å². The van der Waals surface area contributed by atoms with Crippen LogP contribution < -0.4 is 4.72 Å². The monoisotopic (exact) mass is 228 g/mol. The van der Waals surface area contributed by atoms with Crippen molar-refractivity contribution in [2.24, 2.45) is 0 Å². The first-order valence-corrected chi connectivity index (χ1v) is 5.91. The Hall–Kier alpha value is -1.39. The second-order valence-corrected chi connectivity index (χ2v) is 4.73. The summed E-state index contributed by atoms with van der Waals surface area (Å²) in [5.41, 5.74) is 0. The first-order chi connectivity index (χ1) is 6.99. The smallest absolute Gasteiger partial charge is 0.258 e. The second-order valence-electron chi connectivity index (χ2n) is 3.04. The highest BCUT2D eigenvalue weighted by atomic mass is 32.2. The van der Waals surface area contributed by atoms with Crippen LogP contribution in [0.3, 0.4) is 0 Å². The van der Waals surface area contributed by atoms with E-state index in [2.05, 4.69) is 14.7 Å². The number of rotatable bonds is 4. The van der Waals surface area contributed by atoms with Crippen LogP contribution in [0.15, 0.2) is 11.2 Å². The van der Waals surface area contributed by atoms with E-state index in [4.69, 9.17) is 5.26 Å². The van der Waals surface area contributed by atoms with Gasteiger partial charge in [0.05, 0.1) is 12.3 Å². The molecule has 15 heavy (non-hydrogen) atoms. The first kappa shape index (κ1) is 11.7. The second kappa shape index (κ2) is 4.42. The molecule has 0 bridgehead atoms. The fourth-order valence-electron chi connectivity index (χ4n) is 0.987. The number of nitrogens with zero attached hydrogens (tertiary/aromatic N) is 2. The Morgan fingerprint density at radius 2 is 2.40 bits per heavy atom. The molecule has 0 aliphatic carbocycles. The Morgan fingerprint density at radius 1 is 1.73 bits per heavy atom. The lowest BCUT2D eigenvalue weighted by atomic mass is 10.3. The summed E-state index contributed by atoms with van der Waals surface area (Å²) < 4.78 is 25.5. The molecule has 1 rings (SSSR count). The van der Waals surface area contributed by atoms with Crippen LogP contribution in [0.2, 0.25) is 0 Å².